The number of methoxy groups -OCH3 is 2. The molecule has 0 aliphatic rings. The Bertz CT molecular complexity index is 823. The predicted octanol–water partition coefficient (Wildman–Crippen LogP) is 3.40. The molecule has 0 spiro atoms. The van der Waals surface area contributed by atoms with Crippen LogP contribution in [0.15, 0.2) is 60.3 Å². The van der Waals surface area contributed by atoms with E-state index < -0.39 is 5.91 Å². The molecule has 1 amide bonds. The molecule has 6 nitrogen and oxygen atoms in total. The number of benzene rings is 2. The van der Waals surface area contributed by atoms with Crippen LogP contribution < -0.4 is 20.1 Å². The Labute approximate surface area is 153 Å². The lowest BCUT2D eigenvalue weighted by molar-refractivity contribution is -0.117. The Kier molecular flexibility index (Phi) is 6.63. The zero-order valence-corrected chi connectivity index (χ0v) is 14.9. The summed E-state index contributed by atoms with van der Waals surface area (Å²) in [7, 11) is 3.17. The number of nitrogens with zero attached hydrogens (tertiary/aromatic N) is 1. The molecule has 6 heteroatoms. The number of amides is 1. The van der Waals surface area contributed by atoms with Crippen molar-refractivity contribution >= 4 is 11.6 Å². The molecule has 0 aliphatic heterocycles. The maximum absolute atomic E-state index is 12.3. The first-order chi connectivity index (χ1) is 12.6. The lowest BCUT2D eigenvalue weighted by Gasteiger charge is -2.14. The van der Waals surface area contributed by atoms with E-state index in [0.717, 1.165) is 11.3 Å². The van der Waals surface area contributed by atoms with Gasteiger partial charge in [0.2, 0.25) is 0 Å². The molecule has 0 heterocycles. The molecule has 0 radical (unpaired) electrons. The molecule has 26 heavy (non-hydrogen) atoms. The second-order valence-electron chi connectivity index (χ2n) is 5.51. The minimum absolute atomic E-state index is 0.0202. The second-order valence-corrected chi connectivity index (χ2v) is 5.51. The number of rotatable bonds is 7. The average molecular weight is 351 g/mol. The third-order valence-electron chi connectivity index (χ3n) is 3.78. The van der Waals surface area contributed by atoms with E-state index in [-0.39, 0.29) is 11.6 Å². The number of anilines is 1. The first kappa shape index (κ1) is 18.9. The van der Waals surface area contributed by atoms with Gasteiger partial charge in [0.1, 0.15) is 23.1 Å². The number of nitriles is 1. The standard InChI is InChI=1S/C20H21N3O3/c1-14(15-7-9-18(25-2)10-8-15)23-20(24)16(12-21)13-22-17-5-4-6-19(11-17)26-3/h4-11,13-14,22H,1-3H3,(H,23,24)/b16-13-. The molecule has 1 unspecified atom stereocenters. The van der Waals surface area contributed by atoms with Crippen LogP contribution in [0.1, 0.15) is 18.5 Å². The highest BCUT2D eigenvalue weighted by atomic mass is 16.5. The summed E-state index contributed by atoms with van der Waals surface area (Å²) in [5.41, 5.74) is 1.61. The van der Waals surface area contributed by atoms with Gasteiger partial charge in [-0.2, -0.15) is 5.26 Å². The van der Waals surface area contributed by atoms with E-state index in [1.54, 1.807) is 20.3 Å². The molecule has 2 N–H and O–H groups in total. The van der Waals surface area contributed by atoms with Gasteiger partial charge in [-0.3, -0.25) is 4.79 Å². The van der Waals surface area contributed by atoms with Crippen molar-refractivity contribution in [3.63, 3.8) is 0 Å². The van der Waals surface area contributed by atoms with Gasteiger partial charge in [0, 0.05) is 18.0 Å². The van der Waals surface area contributed by atoms with Crippen LogP contribution in [-0.4, -0.2) is 20.1 Å². The van der Waals surface area contributed by atoms with Gasteiger partial charge in [0.15, 0.2) is 0 Å². The lowest BCUT2D eigenvalue weighted by atomic mass is 10.1. The number of ether oxygens (including phenoxy) is 2. The van der Waals surface area contributed by atoms with Crippen molar-refractivity contribution in [2.75, 3.05) is 19.5 Å². The first-order valence-electron chi connectivity index (χ1n) is 8.03. The summed E-state index contributed by atoms with van der Waals surface area (Å²) in [4.78, 5) is 12.3. The van der Waals surface area contributed by atoms with Crippen LogP contribution in [0.25, 0.3) is 0 Å². The normalized spacial score (nSPS) is 11.8. The molecule has 0 aliphatic carbocycles. The number of hydrogen-bond donors (Lipinski definition) is 2. The molecular formula is C20H21N3O3. The Morgan fingerprint density at radius 2 is 1.81 bits per heavy atom. The van der Waals surface area contributed by atoms with Crippen molar-refractivity contribution in [2.24, 2.45) is 0 Å². The molecule has 2 aromatic carbocycles. The van der Waals surface area contributed by atoms with Crippen molar-refractivity contribution in [3.8, 4) is 17.6 Å². The summed E-state index contributed by atoms with van der Waals surface area (Å²) in [5, 5.41) is 15.0. The maximum atomic E-state index is 12.3. The average Bonchev–Trinajstić information content (AvgIpc) is 2.68. The molecule has 0 fully saturated rings. The predicted molar refractivity (Wildman–Crippen MR) is 99.9 cm³/mol. The number of carbonyl (C=O) groups excluding carboxylic acids is 1. The molecule has 0 aromatic heterocycles. The molecule has 2 aromatic rings. The van der Waals surface area contributed by atoms with E-state index in [9.17, 15) is 10.1 Å². The van der Waals surface area contributed by atoms with Gasteiger partial charge in [0.25, 0.3) is 5.91 Å². The van der Waals surface area contributed by atoms with E-state index >= 15 is 0 Å². The highest BCUT2D eigenvalue weighted by Gasteiger charge is 2.14. The summed E-state index contributed by atoms with van der Waals surface area (Å²) in [6.45, 7) is 1.85. The van der Waals surface area contributed by atoms with Crippen LogP contribution in [0.4, 0.5) is 5.69 Å². The van der Waals surface area contributed by atoms with E-state index in [0.29, 0.717) is 11.4 Å². The van der Waals surface area contributed by atoms with Crippen molar-refractivity contribution < 1.29 is 14.3 Å². The monoisotopic (exact) mass is 351 g/mol. The zero-order valence-electron chi connectivity index (χ0n) is 14.9. The van der Waals surface area contributed by atoms with E-state index in [1.807, 2.05) is 55.5 Å². The molecule has 134 valence electrons. The fourth-order valence-corrected chi connectivity index (χ4v) is 2.27. The number of carbonyl (C=O) groups is 1. The lowest BCUT2D eigenvalue weighted by Crippen LogP contribution is -2.28. The smallest absolute Gasteiger partial charge is 0.263 e. The van der Waals surface area contributed by atoms with Crippen LogP contribution in [0.2, 0.25) is 0 Å². The molecule has 2 rings (SSSR count). The summed E-state index contributed by atoms with van der Waals surface area (Å²) in [5.74, 6) is 0.970. The summed E-state index contributed by atoms with van der Waals surface area (Å²) < 4.78 is 10.3. The zero-order chi connectivity index (χ0) is 18.9. The van der Waals surface area contributed by atoms with Gasteiger partial charge in [-0.1, -0.05) is 18.2 Å². The highest BCUT2D eigenvalue weighted by molar-refractivity contribution is 5.97. The molecule has 1 atom stereocenters. The third kappa shape index (κ3) is 5.02. The van der Waals surface area contributed by atoms with Crippen molar-refractivity contribution in [1.82, 2.24) is 5.32 Å². The minimum atomic E-state index is -0.453. The van der Waals surface area contributed by atoms with Gasteiger partial charge in [0.05, 0.1) is 20.3 Å². The van der Waals surface area contributed by atoms with Gasteiger partial charge in [-0.25, -0.2) is 0 Å². The van der Waals surface area contributed by atoms with E-state index in [1.165, 1.54) is 6.20 Å². The molecule has 0 saturated heterocycles. The minimum Gasteiger partial charge on any atom is -0.497 e. The van der Waals surface area contributed by atoms with E-state index in [2.05, 4.69) is 10.6 Å². The van der Waals surface area contributed by atoms with Gasteiger partial charge in [-0.15, -0.1) is 0 Å². The second kappa shape index (κ2) is 9.14. The third-order valence-corrected chi connectivity index (χ3v) is 3.78. The van der Waals surface area contributed by atoms with Crippen LogP contribution in [-0.2, 0) is 4.79 Å². The SMILES string of the molecule is COc1ccc(C(C)NC(=O)/C(C#N)=C\Nc2cccc(OC)c2)cc1. The van der Waals surface area contributed by atoms with Crippen LogP contribution in [0, 0.1) is 11.3 Å². The van der Waals surface area contributed by atoms with Gasteiger partial charge in [-0.05, 0) is 36.8 Å². The number of nitrogens with one attached hydrogen (secondary N) is 2. The van der Waals surface area contributed by atoms with Gasteiger partial charge >= 0.3 is 0 Å². The Hall–Kier alpha value is -3.46. The maximum Gasteiger partial charge on any atom is 0.263 e. The van der Waals surface area contributed by atoms with Crippen LogP contribution >= 0.6 is 0 Å². The van der Waals surface area contributed by atoms with Crippen LogP contribution in [0.5, 0.6) is 11.5 Å². The van der Waals surface area contributed by atoms with E-state index in [4.69, 9.17) is 9.47 Å². The molecule has 0 bridgehead atoms. The summed E-state index contributed by atoms with van der Waals surface area (Å²) in [6, 6.07) is 16.2. The quantitative estimate of drug-likeness (QED) is 0.590. The van der Waals surface area contributed by atoms with Crippen molar-refractivity contribution in [1.29, 1.82) is 5.26 Å². The van der Waals surface area contributed by atoms with Crippen LogP contribution in [0.3, 0.4) is 0 Å². The van der Waals surface area contributed by atoms with Gasteiger partial charge < -0.3 is 20.1 Å². The first-order valence-corrected chi connectivity index (χ1v) is 8.03. The topological polar surface area (TPSA) is 83.4 Å². The Morgan fingerprint density at radius 1 is 1.12 bits per heavy atom. The summed E-state index contributed by atoms with van der Waals surface area (Å²) >= 11 is 0. The fraction of sp³-hybridized carbons (Fsp3) is 0.200. The summed E-state index contributed by atoms with van der Waals surface area (Å²) in [6.07, 6.45) is 1.38. The molecular weight excluding hydrogens is 330 g/mol. The Balaban J connectivity index is 2.03. The molecule has 0 saturated carbocycles. The number of hydrogen-bond acceptors (Lipinski definition) is 5. The largest absolute Gasteiger partial charge is 0.497 e. The van der Waals surface area contributed by atoms with Crippen molar-refractivity contribution in [2.45, 2.75) is 13.0 Å². The highest BCUT2D eigenvalue weighted by Crippen LogP contribution is 2.18. The fourth-order valence-electron chi connectivity index (χ4n) is 2.27. The Morgan fingerprint density at radius 3 is 2.42 bits per heavy atom. The van der Waals surface area contributed by atoms with Crippen molar-refractivity contribution in [3.05, 3.63) is 65.9 Å².